The minimum Gasteiger partial charge on any atom is -0.450 e. The van der Waals surface area contributed by atoms with Gasteiger partial charge in [0, 0.05) is 26.3 Å². The van der Waals surface area contributed by atoms with Crippen LogP contribution in [0.4, 0.5) is 0 Å². The zero-order valence-corrected chi connectivity index (χ0v) is 12.9. The number of methoxy groups -OCH3 is 1. The molecule has 0 aliphatic carbocycles. The fraction of sp³-hybridized carbons (Fsp3) is 0.636. The van der Waals surface area contributed by atoms with Crippen molar-refractivity contribution >= 4 is 26.0 Å². The average Bonchev–Trinajstić information content (AvgIpc) is 2.81. The highest BCUT2D eigenvalue weighted by Crippen LogP contribution is 2.30. The fourth-order valence-corrected chi connectivity index (χ4v) is 4.53. The van der Waals surface area contributed by atoms with E-state index in [-0.39, 0.29) is 28.0 Å². The summed E-state index contributed by atoms with van der Waals surface area (Å²) in [5.41, 5.74) is 0. The van der Waals surface area contributed by atoms with Gasteiger partial charge < -0.3 is 14.3 Å². The lowest BCUT2D eigenvalue weighted by Crippen LogP contribution is -2.40. The summed E-state index contributed by atoms with van der Waals surface area (Å²) < 4.78 is 36.8. The van der Waals surface area contributed by atoms with Crippen molar-refractivity contribution in [3.63, 3.8) is 0 Å². The van der Waals surface area contributed by atoms with Gasteiger partial charge in [-0.3, -0.25) is 0 Å². The number of aliphatic hydroxyl groups is 1. The van der Waals surface area contributed by atoms with Crippen LogP contribution in [0.15, 0.2) is 20.0 Å². The van der Waals surface area contributed by atoms with Crippen LogP contribution in [0.3, 0.4) is 0 Å². The number of ether oxygens (including phenoxy) is 1. The molecule has 1 saturated heterocycles. The SMILES string of the molecule is COC1CCN(S(=O)(=O)c2cc(CO)oc2Br)CC1. The van der Waals surface area contributed by atoms with Crippen LogP contribution >= 0.6 is 15.9 Å². The van der Waals surface area contributed by atoms with Crippen LogP contribution in [0.2, 0.25) is 0 Å². The lowest BCUT2D eigenvalue weighted by molar-refractivity contribution is 0.0604. The Labute approximate surface area is 120 Å². The molecule has 1 aliphatic heterocycles. The molecular weight excluding hydrogens is 338 g/mol. The molecule has 2 heterocycles. The number of hydrogen-bond acceptors (Lipinski definition) is 5. The van der Waals surface area contributed by atoms with Crippen LogP contribution in [0.25, 0.3) is 0 Å². The largest absolute Gasteiger partial charge is 0.450 e. The second-order valence-corrected chi connectivity index (χ2v) is 6.97. The standard InChI is InChI=1S/C11H16BrNO5S/c1-17-8-2-4-13(5-3-8)19(15,16)10-6-9(7-14)18-11(10)12/h6,8,14H,2-5,7H2,1H3. The molecule has 1 aromatic rings. The number of piperidine rings is 1. The molecule has 108 valence electrons. The predicted octanol–water partition coefficient (Wildman–Crippen LogP) is 1.33. The topological polar surface area (TPSA) is 80.0 Å². The van der Waals surface area contributed by atoms with Gasteiger partial charge in [-0.15, -0.1) is 0 Å². The quantitative estimate of drug-likeness (QED) is 0.883. The Bertz CT molecular complexity index is 533. The predicted molar refractivity (Wildman–Crippen MR) is 71.1 cm³/mol. The highest BCUT2D eigenvalue weighted by atomic mass is 79.9. The van der Waals surface area contributed by atoms with Gasteiger partial charge in [-0.1, -0.05) is 0 Å². The maximum Gasteiger partial charge on any atom is 0.247 e. The normalized spacial score (nSPS) is 18.9. The highest BCUT2D eigenvalue weighted by Gasteiger charge is 2.32. The van der Waals surface area contributed by atoms with E-state index in [0.29, 0.717) is 25.9 Å². The molecule has 6 nitrogen and oxygen atoms in total. The van der Waals surface area contributed by atoms with E-state index >= 15 is 0 Å². The number of hydrogen-bond donors (Lipinski definition) is 1. The lowest BCUT2D eigenvalue weighted by atomic mass is 10.1. The maximum absolute atomic E-state index is 12.4. The number of aliphatic hydroxyl groups excluding tert-OH is 1. The van der Waals surface area contributed by atoms with Crippen LogP contribution in [0.5, 0.6) is 0 Å². The van der Waals surface area contributed by atoms with E-state index in [2.05, 4.69) is 15.9 Å². The molecule has 1 fully saturated rings. The van der Waals surface area contributed by atoms with E-state index in [9.17, 15) is 8.42 Å². The number of sulfonamides is 1. The van der Waals surface area contributed by atoms with E-state index in [1.165, 1.54) is 10.4 Å². The lowest BCUT2D eigenvalue weighted by Gasteiger charge is -2.30. The Morgan fingerprint density at radius 3 is 2.63 bits per heavy atom. The average molecular weight is 354 g/mol. The smallest absolute Gasteiger partial charge is 0.247 e. The first-order chi connectivity index (χ1) is 8.98. The van der Waals surface area contributed by atoms with Gasteiger partial charge in [0.25, 0.3) is 0 Å². The van der Waals surface area contributed by atoms with Crippen molar-refractivity contribution in [2.75, 3.05) is 20.2 Å². The maximum atomic E-state index is 12.4. The third-order valence-electron chi connectivity index (χ3n) is 3.21. The Morgan fingerprint density at radius 2 is 2.16 bits per heavy atom. The first-order valence-electron chi connectivity index (χ1n) is 5.91. The van der Waals surface area contributed by atoms with Crippen molar-refractivity contribution < 1.29 is 22.7 Å². The van der Waals surface area contributed by atoms with Crippen molar-refractivity contribution in [2.24, 2.45) is 0 Å². The molecule has 0 saturated carbocycles. The molecule has 8 heteroatoms. The van der Waals surface area contributed by atoms with Crippen LogP contribution in [-0.4, -0.2) is 44.1 Å². The van der Waals surface area contributed by atoms with Gasteiger partial charge in [-0.2, -0.15) is 4.31 Å². The number of rotatable bonds is 4. The molecule has 0 atom stereocenters. The van der Waals surface area contributed by atoms with Crippen molar-refractivity contribution in [1.29, 1.82) is 0 Å². The summed E-state index contributed by atoms with van der Waals surface area (Å²) >= 11 is 3.08. The summed E-state index contributed by atoms with van der Waals surface area (Å²) in [5.74, 6) is 0.220. The number of halogens is 1. The molecule has 0 radical (unpaired) electrons. The van der Waals surface area contributed by atoms with Gasteiger partial charge in [0.15, 0.2) is 4.67 Å². The van der Waals surface area contributed by atoms with E-state index < -0.39 is 10.0 Å². The van der Waals surface area contributed by atoms with E-state index in [1.807, 2.05) is 0 Å². The molecule has 1 N–H and O–H groups in total. The summed E-state index contributed by atoms with van der Waals surface area (Å²) in [4.78, 5) is 0.0624. The molecule has 1 aromatic heterocycles. The van der Waals surface area contributed by atoms with Crippen molar-refractivity contribution in [3.05, 3.63) is 16.5 Å². The summed E-state index contributed by atoms with van der Waals surface area (Å²) in [5, 5.41) is 8.98. The van der Waals surface area contributed by atoms with Gasteiger partial charge in [-0.25, -0.2) is 8.42 Å². The Hall–Kier alpha value is -0.410. The van der Waals surface area contributed by atoms with Crippen LogP contribution in [0.1, 0.15) is 18.6 Å². The number of furan rings is 1. The third kappa shape index (κ3) is 3.03. The van der Waals surface area contributed by atoms with Crippen molar-refractivity contribution in [3.8, 4) is 0 Å². The van der Waals surface area contributed by atoms with Crippen LogP contribution in [-0.2, 0) is 21.4 Å². The molecule has 19 heavy (non-hydrogen) atoms. The molecule has 0 unspecified atom stereocenters. The Morgan fingerprint density at radius 1 is 1.53 bits per heavy atom. The first-order valence-corrected chi connectivity index (χ1v) is 8.14. The van der Waals surface area contributed by atoms with E-state index in [1.54, 1.807) is 7.11 Å². The zero-order valence-electron chi connectivity index (χ0n) is 10.5. The van der Waals surface area contributed by atoms with Gasteiger partial charge in [0.1, 0.15) is 17.3 Å². The summed E-state index contributed by atoms with van der Waals surface area (Å²) in [6.45, 7) is 0.514. The molecule has 2 rings (SSSR count). The Kier molecular flexibility index (Phi) is 4.67. The minimum absolute atomic E-state index is 0.0624. The summed E-state index contributed by atoms with van der Waals surface area (Å²) in [7, 11) is -1.95. The van der Waals surface area contributed by atoms with Gasteiger partial charge >= 0.3 is 0 Å². The van der Waals surface area contributed by atoms with Crippen LogP contribution < -0.4 is 0 Å². The summed E-state index contributed by atoms with van der Waals surface area (Å²) in [6, 6.07) is 1.35. The monoisotopic (exact) mass is 353 g/mol. The minimum atomic E-state index is -3.59. The van der Waals surface area contributed by atoms with Gasteiger partial charge in [-0.05, 0) is 28.8 Å². The molecule has 0 spiro atoms. The van der Waals surface area contributed by atoms with Gasteiger partial charge in [0.05, 0.1) is 6.10 Å². The second kappa shape index (κ2) is 5.92. The first kappa shape index (κ1) is 15.0. The molecule has 0 bridgehead atoms. The van der Waals surface area contributed by atoms with Crippen molar-refractivity contribution in [2.45, 2.75) is 30.4 Å². The molecule has 0 amide bonds. The second-order valence-electron chi connectivity index (χ2n) is 4.35. The zero-order chi connectivity index (χ0) is 14.0. The van der Waals surface area contributed by atoms with E-state index in [4.69, 9.17) is 14.3 Å². The van der Waals surface area contributed by atoms with Crippen LogP contribution in [0, 0.1) is 0 Å². The van der Waals surface area contributed by atoms with E-state index in [0.717, 1.165) is 0 Å². The Balaban J connectivity index is 2.20. The summed E-state index contributed by atoms with van der Waals surface area (Å²) in [6.07, 6.45) is 1.48. The molecule has 0 aromatic carbocycles. The van der Waals surface area contributed by atoms with Crippen molar-refractivity contribution in [1.82, 2.24) is 4.31 Å². The van der Waals surface area contributed by atoms with Gasteiger partial charge in [0.2, 0.25) is 10.0 Å². The molecule has 1 aliphatic rings. The molecular formula is C11H16BrNO5S. The highest BCUT2D eigenvalue weighted by molar-refractivity contribution is 9.10. The third-order valence-corrected chi connectivity index (χ3v) is 5.97. The number of nitrogens with zero attached hydrogens (tertiary/aromatic N) is 1. The fourth-order valence-electron chi connectivity index (χ4n) is 2.10.